The molecule has 0 aliphatic carbocycles. The minimum atomic E-state index is -4.34. The molecule has 0 saturated heterocycles. The molecule has 3 nitrogen and oxygen atoms in total. The maximum Gasteiger partial charge on any atom is 1.00 e. The molecule has 1 rings (SSSR count). The van der Waals surface area contributed by atoms with Crippen LogP contribution in [0, 0.1) is 0 Å². The summed E-state index contributed by atoms with van der Waals surface area (Å²) in [5, 5.41) is 0. The Hall–Kier alpha value is 1.03. The fourth-order valence-electron chi connectivity index (χ4n) is 0.632. The molecule has 0 aromatic heterocycles. The van der Waals surface area contributed by atoms with E-state index in [2.05, 4.69) is 31.9 Å². The Morgan fingerprint density at radius 2 is 1.69 bits per heavy atom. The van der Waals surface area contributed by atoms with Gasteiger partial charge in [0, 0.05) is 8.95 Å². The molecule has 0 saturated carbocycles. The molecule has 1 radical (unpaired) electrons. The van der Waals surface area contributed by atoms with E-state index in [1.165, 1.54) is 18.2 Å². The molecule has 0 spiro atoms. The van der Waals surface area contributed by atoms with E-state index >= 15 is 0 Å². The zero-order chi connectivity index (χ0) is 9.35. The zero-order valence-electron chi connectivity index (χ0n) is 6.33. The van der Waals surface area contributed by atoms with E-state index in [-0.39, 0.29) is 32.6 Å². The van der Waals surface area contributed by atoms with Crippen molar-refractivity contribution in [2.45, 2.75) is 4.90 Å². The van der Waals surface area contributed by atoms with Crippen LogP contribution in [0.5, 0.6) is 0 Å². The fraction of sp³-hybridized carbons (Fsp3) is 0. The second-order valence-electron chi connectivity index (χ2n) is 2.03. The van der Waals surface area contributed by atoms with Gasteiger partial charge in [0.25, 0.3) is 0 Å². The van der Waals surface area contributed by atoms with Crippen LogP contribution in [-0.2, 0) is 37.8 Å². The molecule has 0 aliphatic rings. The Kier molecular flexibility index (Phi) is 5.61. The molecule has 0 unspecified atom stereocenters. The molecule has 0 atom stereocenters. The van der Waals surface area contributed by atoms with E-state index in [1.54, 1.807) is 0 Å². The third-order valence-electron chi connectivity index (χ3n) is 1.18. The molecule has 0 bridgehead atoms. The second kappa shape index (κ2) is 5.20. The van der Waals surface area contributed by atoms with Gasteiger partial charge >= 0.3 is 27.7 Å². The van der Waals surface area contributed by atoms with Crippen molar-refractivity contribution in [3.8, 4) is 0 Å². The third-order valence-corrected chi connectivity index (χ3v) is 3.89. The summed E-state index contributed by atoms with van der Waals surface area (Å²) in [5.74, 6) is 0. The van der Waals surface area contributed by atoms with Gasteiger partial charge in [-0.15, -0.1) is 0 Å². The third kappa shape index (κ3) is 3.95. The molecule has 1 aromatic rings. The van der Waals surface area contributed by atoms with E-state index in [9.17, 15) is 13.0 Å². The van der Waals surface area contributed by atoms with E-state index in [1.807, 2.05) is 0 Å². The predicted octanol–water partition coefficient (Wildman–Crippen LogP) is 2.11. The van der Waals surface area contributed by atoms with Gasteiger partial charge in [-0.3, -0.25) is 0 Å². The van der Waals surface area contributed by atoms with Crippen LogP contribution in [0.25, 0.3) is 0 Å². The topological polar surface area (TPSA) is 57.2 Å². The molecular formula is C6H3Br2HgO3S. The van der Waals surface area contributed by atoms with Gasteiger partial charge in [0.15, 0.2) is 0 Å². The number of hydrogen-bond donors (Lipinski definition) is 0. The van der Waals surface area contributed by atoms with Crippen molar-refractivity contribution in [2.24, 2.45) is 0 Å². The first-order chi connectivity index (χ1) is 5.41. The van der Waals surface area contributed by atoms with Crippen LogP contribution < -0.4 is 0 Å². The first-order valence-electron chi connectivity index (χ1n) is 2.82. The largest absolute Gasteiger partial charge is 1.00 e. The molecule has 1 aromatic carbocycles. The van der Waals surface area contributed by atoms with Gasteiger partial charge in [-0.1, -0.05) is 0 Å². The van der Waals surface area contributed by atoms with E-state index < -0.39 is 10.1 Å². The monoisotopic (exact) mass is 515 g/mol. The molecule has 0 fully saturated rings. The maximum atomic E-state index is 10.5. The van der Waals surface area contributed by atoms with E-state index in [4.69, 9.17) is 0 Å². The molecule has 7 heteroatoms. The molecule has 0 heterocycles. The average molecular weight is 516 g/mol. The van der Waals surface area contributed by atoms with Gasteiger partial charge < -0.3 is 4.55 Å². The standard InChI is InChI=1S/C6H4Br2O3S.Hg/c7-5-2-1-4(3-6(5)8)12(9,10)11;/h1-3H,(H,9,10,11);/q;+1/p-1. The normalized spacial score (nSPS) is 10.7. The van der Waals surface area contributed by atoms with Gasteiger partial charge in [0.05, 0.1) is 4.90 Å². The quantitative estimate of drug-likeness (QED) is 0.426. The Labute approximate surface area is 113 Å². The number of benzene rings is 1. The molecular weight excluding hydrogens is 513 g/mol. The Bertz CT molecular complexity index is 404. The average Bonchev–Trinajstić information content (AvgIpc) is 1.92. The number of halogens is 2. The smallest absolute Gasteiger partial charge is 0.744 e. The van der Waals surface area contributed by atoms with Gasteiger partial charge in [-0.25, -0.2) is 8.42 Å². The molecule has 67 valence electrons. The van der Waals surface area contributed by atoms with Crippen molar-refractivity contribution in [2.75, 3.05) is 0 Å². The van der Waals surface area contributed by atoms with Crippen LogP contribution in [0.1, 0.15) is 0 Å². The van der Waals surface area contributed by atoms with Crippen molar-refractivity contribution in [3.63, 3.8) is 0 Å². The maximum absolute atomic E-state index is 10.5. The van der Waals surface area contributed by atoms with Gasteiger partial charge in [-0.05, 0) is 50.1 Å². The summed E-state index contributed by atoms with van der Waals surface area (Å²) >= 11 is 6.24. The zero-order valence-corrected chi connectivity index (χ0v) is 15.8. The number of hydrogen-bond acceptors (Lipinski definition) is 3. The fourth-order valence-corrected chi connectivity index (χ4v) is 1.91. The van der Waals surface area contributed by atoms with Crippen LogP contribution in [0.15, 0.2) is 32.0 Å². The predicted molar refractivity (Wildman–Crippen MR) is 49.8 cm³/mol. The first-order valence-corrected chi connectivity index (χ1v) is 5.81. The summed E-state index contributed by atoms with van der Waals surface area (Å²) in [6.07, 6.45) is 0. The summed E-state index contributed by atoms with van der Waals surface area (Å²) in [6, 6.07) is 4.00. The molecule has 0 aliphatic heterocycles. The summed E-state index contributed by atoms with van der Waals surface area (Å²) < 4.78 is 32.8. The number of rotatable bonds is 1. The van der Waals surface area contributed by atoms with E-state index in [0.29, 0.717) is 8.95 Å². The summed E-state index contributed by atoms with van der Waals surface area (Å²) in [6.45, 7) is 0. The van der Waals surface area contributed by atoms with Crippen molar-refractivity contribution in [3.05, 3.63) is 27.1 Å². The first kappa shape index (κ1) is 14.0. The van der Waals surface area contributed by atoms with Gasteiger partial charge in [0.2, 0.25) is 0 Å². The van der Waals surface area contributed by atoms with Crippen molar-refractivity contribution in [1.82, 2.24) is 0 Å². The molecule has 0 N–H and O–H groups in total. The molecule has 0 amide bonds. The Morgan fingerprint density at radius 1 is 1.15 bits per heavy atom. The van der Waals surface area contributed by atoms with Crippen LogP contribution in [0.2, 0.25) is 0 Å². The minimum Gasteiger partial charge on any atom is -0.744 e. The Morgan fingerprint density at radius 3 is 2.08 bits per heavy atom. The van der Waals surface area contributed by atoms with Gasteiger partial charge in [-0.2, -0.15) is 0 Å². The van der Waals surface area contributed by atoms with Crippen LogP contribution in [0.4, 0.5) is 0 Å². The van der Waals surface area contributed by atoms with Gasteiger partial charge in [0.1, 0.15) is 10.1 Å². The summed E-state index contributed by atoms with van der Waals surface area (Å²) in [7, 11) is -4.34. The van der Waals surface area contributed by atoms with Crippen molar-refractivity contribution >= 4 is 42.0 Å². The SMILES string of the molecule is O=S(=O)([O-])c1ccc(Br)c(Br)c1.[Hg+]. The summed E-state index contributed by atoms with van der Waals surface area (Å²) in [5.41, 5.74) is 0. The summed E-state index contributed by atoms with van der Waals surface area (Å²) in [4.78, 5) is -0.238. The minimum absolute atomic E-state index is 0. The van der Waals surface area contributed by atoms with Crippen molar-refractivity contribution < 1.29 is 40.6 Å². The molecule has 13 heavy (non-hydrogen) atoms. The van der Waals surface area contributed by atoms with Crippen LogP contribution >= 0.6 is 31.9 Å². The van der Waals surface area contributed by atoms with Crippen LogP contribution in [-0.4, -0.2) is 13.0 Å². The van der Waals surface area contributed by atoms with Crippen LogP contribution in [0.3, 0.4) is 0 Å². The van der Waals surface area contributed by atoms with E-state index in [0.717, 1.165) is 0 Å². The van der Waals surface area contributed by atoms with Crippen molar-refractivity contribution in [1.29, 1.82) is 0 Å². The Balaban J connectivity index is 0.00000144. The second-order valence-corrected chi connectivity index (χ2v) is 5.12.